The third kappa shape index (κ3) is 5.57. The van der Waals surface area contributed by atoms with Crippen LogP contribution in [0.3, 0.4) is 0 Å². The third-order valence-electron chi connectivity index (χ3n) is 6.34. The first-order valence-electron chi connectivity index (χ1n) is 12.0. The SMILES string of the molecule is CCCCCNc1nc(N)nc2cc(C)n(Cc3ccc(CN4CCNCC4)cc3OC)c12. The van der Waals surface area contributed by atoms with Gasteiger partial charge in [0.15, 0.2) is 5.82 Å². The van der Waals surface area contributed by atoms with Gasteiger partial charge < -0.3 is 25.7 Å². The zero-order chi connectivity index (χ0) is 23.2. The fourth-order valence-electron chi connectivity index (χ4n) is 4.53. The lowest BCUT2D eigenvalue weighted by Crippen LogP contribution is -2.42. The summed E-state index contributed by atoms with van der Waals surface area (Å²) in [6.45, 7) is 11.1. The molecule has 0 amide bonds. The normalized spacial score (nSPS) is 14.6. The van der Waals surface area contributed by atoms with E-state index in [0.29, 0.717) is 12.5 Å². The van der Waals surface area contributed by atoms with Gasteiger partial charge in [-0.15, -0.1) is 0 Å². The van der Waals surface area contributed by atoms with Gasteiger partial charge in [-0.25, -0.2) is 4.98 Å². The van der Waals surface area contributed by atoms with Crippen molar-refractivity contribution in [2.75, 3.05) is 50.9 Å². The molecule has 4 N–H and O–H groups in total. The maximum Gasteiger partial charge on any atom is 0.222 e. The van der Waals surface area contributed by atoms with Crippen LogP contribution >= 0.6 is 0 Å². The van der Waals surface area contributed by atoms with Crippen LogP contribution in [-0.4, -0.2) is 59.3 Å². The summed E-state index contributed by atoms with van der Waals surface area (Å²) in [6.07, 6.45) is 3.47. The summed E-state index contributed by atoms with van der Waals surface area (Å²) in [7, 11) is 1.75. The number of hydrogen-bond donors (Lipinski definition) is 3. The lowest BCUT2D eigenvalue weighted by atomic mass is 10.1. The second-order valence-electron chi connectivity index (χ2n) is 8.84. The molecule has 8 heteroatoms. The van der Waals surface area contributed by atoms with Crippen LogP contribution in [0, 0.1) is 6.92 Å². The number of hydrogen-bond acceptors (Lipinski definition) is 7. The van der Waals surface area contributed by atoms with Crippen molar-refractivity contribution in [3.05, 3.63) is 41.1 Å². The second-order valence-corrected chi connectivity index (χ2v) is 8.84. The number of nitrogens with two attached hydrogens (primary N) is 1. The number of ether oxygens (including phenoxy) is 1. The van der Waals surface area contributed by atoms with Gasteiger partial charge in [-0.3, -0.25) is 4.90 Å². The molecule has 3 heterocycles. The number of rotatable bonds is 10. The van der Waals surface area contributed by atoms with E-state index in [4.69, 9.17) is 10.5 Å². The van der Waals surface area contributed by atoms with E-state index in [-0.39, 0.29) is 0 Å². The number of aromatic nitrogens is 3. The number of methoxy groups -OCH3 is 1. The number of nitrogens with zero attached hydrogens (tertiary/aromatic N) is 4. The molecule has 8 nitrogen and oxygen atoms in total. The smallest absolute Gasteiger partial charge is 0.222 e. The monoisotopic (exact) mass is 451 g/mol. The zero-order valence-corrected chi connectivity index (χ0v) is 20.2. The first-order valence-corrected chi connectivity index (χ1v) is 12.0. The van der Waals surface area contributed by atoms with Crippen molar-refractivity contribution in [3.8, 4) is 5.75 Å². The minimum absolute atomic E-state index is 0.299. The predicted octanol–water partition coefficient (Wildman–Crippen LogP) is 3.39. The fourth-order valence-corrected chi connectivity index (χ4v) is 4.53. The first-order chi connectivity index (χ1) is 16.1. The van der Waals surface area contributed by atoms with Crippen LogP contribution < -0.4 is 21.1 Å². The second kappa shape index (κ2) is 10.9. The largest absolute Gasteiger partial charge is 0.496 e. The van der Waals surface area contributed by atoms with Gasteiger partial charge in [0.2, 0.25) is 5.95 Å². The summed E-state index contributed by atoms with van der Waals surface area (Å²) in [5.41, 5.74) is 11.4. The van der Waals surface area contributed by atoms with Crippen LogP contribution in [0.5, 0.6) is 5.75 Å². The molecular weight excluding hydrogens is 414 g/mol. The van der Waals surface area contributed by atoms with Gasteiger partial charge >= 0.3 is 0 Å². The van der Waals surface area contributed by atoms with Crippen LogP contribution in [0.1, 0.15) is 43.0 Å². The molecule has 0 spiro atoms. The lowest BCUT2D eigenvalue weighted by Gasteiger charge is -2.27. The molecule has 1 saturated heterocycles. The molecule has 178 valence electrons. The molecule has 0 bridgehead atoms. The molecular formula is C25H37N7O. The fraction of sp³-hybridized carbons (Fsp3) is 0.520. The Kier molecular flexibility index (Phi) is 7.67. The van der Waals surface area contributed by atoms with Crippen molar-refractivity contribution in [2.24, 2.45) is 0 Å². The van der Waals surface area contributed by atoms with Crippen molar-refractivity contribution in [1.29, 1.82) is 0 Å². The highest BCUT2D eigenvalue weighted by atomic mass is 16.5. The Balaban J connectivity index is 1.60. The standard InChI is InChI=1S/C25H37N7O/c1-4-5-6-9-28-24-23-21(29-25(26)30-24)14-18(2)32(23)17-20-8-7-19(15-22(20)33-3)16-31-12-10-27-11-13-31/h7-8,14-15,27H,4-6,9-13,16-17H2,1-3H3,(H3,26,28,29,30). The van der Waals surface area contributed by atoms with E-state index in [9.17, 15) is 0 Å². The first kappa shape index (κ1) is 23.3. The average Bonchev–Trinajstić information content (AvgIpc) is 3.12. The number of nitrogens with one attached hydrogen (secondary N) is 2. The minimum Gasteiger partial charge on any atom is -0.496 e. The third-order valence-corrected chi connectivity index (χ3v) is 6.34. The van der Waals surface area contributed by atoms with Gasteiger partial charge in [-0.1, -0.05) is 31.9 Å². The number of aryl methyl sites for hydroxylation is 1. The van der Waals surface area contributed by atoms with Gasteiger partial charge in [0, 0.05) is 50.5 Å². The Morgan fingerprint density at radius 2 is 1.94 bits per heavy atom. The van der Waals surface area contributed by atoms with E-state index in [2.05, 4.69) is 68.2 Å². The van der Waals surface area contributed by atoms with Crippen molar-refractivity contribution < 1.29 is 4.74 Å². The highest BCUT2D eigenvalue weighted by molar-refractivity contribution is 5.88. The molecule has 0 radical (unpaired) electrons. The zero-order valence-electron chi connectivity index (χ0n) is 20.2. The summed E-state index contributed by atoms with van der Waals surface area (Å²) >= 11 is 0. The Labute approximate surface area is 196 Å². The molecule has 33 heavy (non-hydrogen) atoms. The lowest BCUT2D eigenvalue weighted by molar-refractivity contribution is 0.233. The summed E-state index contributed by atoms with van der Waals surface area (Å²) in [4.78, 5) is 11.5. The molecule has 3 aromatic rings. The molecule has 0 unspecified atom stereocenters. The molecule has 2 aromatic heterocycles. The highest BCUT2D eigenvalue weighted by Gasteiger charge is 2.17. The quantitative estimate of drug-likeness (QED) is 0.407. The van der Waals surface area contributed by atoms with Crippen molar-refractivity contribution in [3.63, 3.8) is 0 Å². The van der Waals surface area contributed by atoms with Crippen molar-refractivity contribution >= 4 is 22.8 Å². The number of fused-ring (bicyclic) bond motifs is 1. The summed E-state index contributed by atoms with van der Waals surface area (Å²) in [6, 6.07) is 8.67. The topological polar surface area (TPSA) is 93.3 Å². The molecule has 0 atom stereocenters. The maximum atomic E-state index is 6.01. The summed E-state index contributed by atoms with van der Waals surface area (Å²) in [5, 5.41) is 6.90. The average molecular weight is 452 g/mol. The molecule has 4 rings (SSSR count). The van der Waals surface area contributed by atoms with E-state index in [1.54, 1.807) is 7.11 Å². The van der Waals surface area contributed by atoms with Gasteiger partial charge in [0.25, 0.3) is 0 Å². The van der Waals surface area contributed by atoms with Crippen LogP contribution in [0.15, 0.2) is 24.3 Å². The van der Waals surface area contributed by atoms with Gasteiger partial charge in [0.05, 0.1) is 19.2 Å². The molecule has 1 fully saturated rings. The van der Waals surface area contributed by atoms with E-state index >= 15 is 0 Å². The Bertz CT molecular complexity index is 1070. The molecule has 1 aromatic carbocycles. The highest BCUT2D eigenvalue weighted by Crippen LogP contribution is 2.29. The van der Waals surface area contributed by atoms with E-state index < -0.39 is 0 Å². The number of anilines is 2. The van der Waals surface area contributed by atoms with Crippen molar-refractivity contribution in [1.82, 2.24) is 24.8 Å². The van der Waals surface area contributed by atoms with Gasteiger partial charge in [-0.05, 0) is 31.0 Å². The number of unbranched alkanes of at least 4 members (excludes halogenated alkanes) is 2. The number of nitrogen functional groups attached to an aromatic ring is 1. The van der Waals surface area contributed by atoms with Crippen LogP contribution in [0.4, 0.5) is 11.8 Å². The Morgan fingerprint density at radius 1 is 1.12 bits per heavy atom. The van der Waals surface area contributed by atoms with Crippen molar-refractivity contribution in [2.45, 2.75) is 46.2 Å². The van der Waals surface area contributed by atoms with Crippen LogP contribution in [0.25, 0.3) is 11.0 Å². The van der Waals surface area contributed by atoms with Gasteiger partial charge in [0.1, 0.15) is 11.3 Å². The minimum atomic E-state index is 0.299. The maximum absolute atomic E-state index is 6.01. The van der Waals surface area contributed by atoms with Gasteiger partial charge in [-0.2, -0.15) is 4.98 Å². The summed E-state index contributed by atoms with van der Waals surface area (Å²) < 4.78 is 8.06. The molecule has 1 aliphatic heterocycles. The van der Waals surface area contributed by atoms with E-state index in [0.717, 1.165) is 79.5 Å². The Hall–Kier alpha value is -2.84. The van der Waals surface area contributed by atoms with Crippen LogP contribution in [0.2, 0.25) is 0 Å². The molecule has 1 aliphatic rings. The van der Waals surface area contributed by atoms with Crippen LogP contribution in [-0.2, 0) is 13.1 Å². The molecule has 0 saturated carbocycles. The predicted molar refractivity (Wildman–Crippen MR) is 135 cm³/mol. The van der Waals surface area contributed by atoms with E-state index in [1.807, 2.05) is 0 Å². The number of benzene rings is 1. The summed E-state index contributed by atoms with van der Waals surface area (Å²) in [5.74, 6) is 2.01. The number of piperazine rings is 1. The Morgan fingerprint density at radius 3 is 2.70 bits per heavy atom. The van der Waals surface area contributed by atoms with E-state index in [1.165, 1.54) is 18.4 Å². The molecule has 0 aliphatic carbocycles.